The van der Waals surface area contributed by atoms with Gasteiger partial charge in [-0.2, -0.15) is 17.0 Å². The largest absolute Gasteiger partial charge is 0.317 e. The third-order valence-corrected chi connectivity index (χ3v) is 5.62. The van der Waals surface area contributed by atoms with E-state index in [2.05, 4.69) is 10.2 Å². The fraction of sp³-hybridized carbons (Fsp3) is 0.833. The summed E-state index contributed by atoms with van der Waals surface area (Å²) in [5, 5.41) is 7.83. The maximum absolute atomic E-state index is 12.6. The highest BCUT2D eigenvalue weighted by atomic mass is 32.2. The van der Waals surface area contributed by atoms with Crippen molar-refractivity contribution in [1.82, 2.24) is 23.4 Å². The van der Waals surface area contributed by atoms with Crippen LogP contribution in [0, 0.1) is 0 Å². The second kappa shape index (κ2) is 6.64. The summed E-state index contributed by atoms with van der Waals surface area (Å²) in [5.74, 6) is 0.674. The summed E-state index contributed by atoms with van der Waals surface area (Å²) in [6.07, 6.45) is 5.73. The number of nitrogens with zero attached hydrogens (tertiary/aromatic N) is 5. The van der Waals surface area contributed by atoms with E-state index in [1.165, 1.54) is 4.31 Å². The van der Waals surface area contributed by atoms with Crippen molar-refractivity contribution in [3.63, 3.8) is 0 Å². The van der Waals surface area contributed by atoms with E-state index >= 15 is 0 Å². The lowest BCUT2D eigenvalue weighted by Gasteiger charge is -2.26. The van der Waals surface area contributed by atoms with Gasteiger partial charge in [-0.1, -0.05) is 12.8 Å². The Balaban J connectivity index is 2.08. The molecule has 0 spiro atoms. The van der Waals surface area contributed by atoms with Crippen LogP contribution in [-0.4, -0.2) is 51.9 Å². The highest BCUT2D eigenvalue weighted by Crippen LogP contribution is 2.16. The number of hydrogen-bond acceptors (Lipinski definition) is 4. The first kappa shape index (κ1) is 15.4. The Morgan fingerprint density at radius 3 is 2.50 bits per heavy atom. The summed E-state index contributed by atoms with van der Waals surface area (Å²) in [5.41, 5.74) is 0. The van der Waals surface area contributed by atoms with E-state index in [9.17, 15) is 8.42 Å². The van der Waals surface area contributed by atoms with Crippen molar-refractivity contribution < 1.29 is 8.42 Å². The van der Waals surface area contributed by atoms with Gasteiger partial charge < -0.3 is 4.57 Å². The molecule has 1 aliphatic heterocycles. The van der Waals surface area contributed by atoms with Gasteiger partial charge in [0.05, 0.1) is 6.54 Å². The van der Waals surface area contributed by atoms with Gasteiger partial charge in [-0.15, -0.1) is 10.2 Å². The van der Waals surface area contributed by atoms with Crippen LogP contribution >= 0.6 is 0 Å². The van der Waals surface area contributed by atoms with Crippen LogP contribution in [-0.2, 0) is 23.3 Å². The SMILES string of the molecule is CCn1cnnc1CN(C)S(=O)(=O)N1CCCCCC1. The van der Waals surface area contributed by atoms with Gasteiger partial charge in [0, 0.05) is 26.7 Å². The van der Waals surface area contributed by atoms with Crippen molar-refractivity contribution in [2.24, 2.45) is 0 Å². The lowest BCUT2D eigenvalue weighted by molar-refractivity contribution is 0.357. The Bertz CT molecular complexity index is 520. The Morgan fingerprint density at radius 2 is 1.90 bits per heavy atom. The van der Waals surface area contributed by atoms with Crippen molar-refractivity contribution in [3.8, 4) is 0 Å². The van der Waals surface area contributed by atoms with Crippen LogP contribution in [0.4, 0.5) is 0 Å². The van der Waals surface area contributed by atoms with Gasteiger partial charge in [-0.05, 0) is 19.8 Å². The first-order chi connectivity index (χ1) is 9.55. The summed E-state index contributed by atoms with van der Waals surface area (Å²) in [7, 11) is -1.79. The molecule has 20 heavy (non-hydrogen) atoms. The minimum absolute atomic E-state index is 0.257. The highest BCUT2D eigenvalue weighted by molar-refractivity contribution is 7.86. The molecule has 1 aliphatic rings. The molecule has 0 N–H and O–H groups in total. The molecule has 0 aliphatic carbocycles. The summed E-state index contributed by atoms with van der Waals surface area (Å²) in [4.78, 5) is 0. The van der Waals surface area contributed by atoms with Gasteiger partial charge in [-0.3, -0.25) is 0 Å². The number of aromatic nitrogens is 3. The zero-order valence-electron chi connectivity index (χ0n) is 12.2. The van der Waals surface area contributed by atoms with Gasteiger partial charge in [-0.25, -0.2) is 0 Å². The molecule has 0 saturated carbocycles. The fourth-order valence-corrected chi connectivity index (χ4v) is 3.81. The van der Waals surface area contributed by atoms with Crippen molar-refractivity contribution in [2.75, 3.05) is 20.1 Å². The van der Waals surface area contributed by atoms with Crippen LogP contribution in [0.15, 0.2) is 6.33 Å². The van der Waals surface area contributed by atoms with Gasteiger partial charge >= 0.3 is 0 Å². The van der Waals surface area contributed by atoms with E-state index in [0.29, 0.717) is 18.9 Å². The molecule has 114 valence electrons. The quantitative estimate of drug-likeness (QED) is 0.808. The predicted molar refractivity (Wildman–Crippen MR) is 76.1 cm³/mol. The second-order valence-corrected chi connectivity index (χ2v) is 7.15. The molecule has 2 heterocycles. The molecule has 7 nitrogen and oxygen atoms in total. The van der Waals surface area contributed by atoms with E-state index in [1.54, 1.807) is 17.7 Å². The molecule has 0 amide bonds. The van der Waals surface area contributed by atoms with Crippen LogP contribution in [0.25, 0.3) is 0 Å². The van der Waals surface area contributed by atoms with Crippen molar-refractivity contribution in [1.29, 1.82) is 0 Å². The molecule has 1 saturated heterocycles. The molecule has 8 heteroatoms. The summed E-state index contributed by atoms with van der Waals surface area (Å²) < 4.78 is 29.9. The normalized spacial score (nSPS) is 18.4. The Kier molecular flexibility index (Phi) is 5.11. The molecule has 0 bridgehead atoms. The van der Waals surface area contributed by atoms with Crippen molar-refractivity contribution >= 4 is 10.2 Å². The summed E-state index contributed by atoms with van der Waals surface area (Å²) in [6.45, 7) is 4.21. The van der Waals surface area contributed by atoms with Crippen LogP contribution in [0.2, 0.25) is 0 Å². The first-order valence-corrected chi connectivity index (χ1v) is 8.53. The van der Waals surface area contributed by atoms with Crippen LogP contribution in [0.3, 0.4) is 0 Å². The predicted octanol–water partition coefficient (Wildman–Crippen LogP) is 0.851. The lowest BCUT2D eigenvalue weighted by atomic mass is 10.2. The molecule has 0 atom stereocenters. The van der Waals surface area contributed by atoms with E-state index in [1.807, 2.05) is 11.5 Å². The summed E-state index contributed by atoms with van der Waals surface area (Å²) >= 11 is 0. The fourth-order valence-electron chi connectivity index (χ4n) is 2.42. The lowest BCUT2D eigenvalue weighted by Crippen LogP contribution is -2.42. The topological polar surface area (TPSA) is 71.3 Å². The molecular formula is C12H23N5O2S. The average molecular weight is 301 g/mol. The molecule has 0 unspecified atom stereocenters. The smallest absolute Gasteiger partial charge is 0.282 e. The van der Waals surface area contributed by atoms with Gasteiger partial charge in [0.25, 0.3) is 10.2 Å². The van der Waals surface area contributed by atoms with Crippen molar-refractivity contribution in [3.05, 3.63) is 12.2 Å². The number of hydrogen-bond donors (Lipinski definition) is 0. The Morgan fingerprint density at radius 1 is 1.25 bits per heavy atom. The van der Waals surface area contributed by atoms with Crippen molar-refractivity contribution in [2.45, 2.75) is 45.7 Å². The maximum atomic E-state index is 12.6. The maximum Gasteiger partial charge on any atom is 0.282 e. The molecule has 1 fully saturated rings. The third-order valence-electron chi connectivity index (χ3n) is 3.69. The number of aryl methyl sites for hydroxylation is 1. The van der Waals surface area contributed by atoms with Crippen LogP contribution < -0.4 is 0 Å². The number of rotatable bonds is 5. The minimum Gasteiger partial charge on any atom is -0.317 e. The summed E-state index contributed by atoms with van der Waals surface area (Å²) in [6, 6.07) is 0. The second-order valence-electron chi connectivity index (χ2n) is 5.11. The molecule has 2 rings (SSSR count). The van der Waals surface area contributed by atoms with Gasteiger partial charge in [0.15, 0.2) is 0 Å². The third kappa shape index (κ3) is 3.36. The van der Waals surface area contributed by atoms with Crippen LogP contribution in [0.1, 0.15) is 38.4 Å². The van der Waals surface area contributed by atoms with Crippen LogP contribution in [0.5, 0.6) is 0 Å². The zero-order chi connectivity index (χ0) is 14.6. The monoisotopic (exact) mass is 301 g/mol. The standard InChI is InChI=1S/C12H23N5O2S/c1-3-16-11-13-14-12(16)10-15(2)20(18,19)17-8-6-4-5-7-9-17/h11H,3-10H2,1-2H3. The molecule has 1 aromatic rings. The Labute approximate surface area is 120 Å². The molecule has 0 aromatic carbocycles. The molecular weight excluding hydrogens is 278 g/mol. The van der Waals surface area contributed by atoms with E-state index in [0.717, 1.165) is 32.2 Å². The average Bonchev–Trinajstić information content (AvgIpc) is 2.70. The Hall–Kier alpha value is -0.990. The van der Waals surface area contributed by atoms with Gasteiger partial charge in [0.2, 0.25) is 0 Å². The van der Waals surface area contributed by atoms with E-state index < -0.39 is 10.2 Å². The highest BCUT2D eigenvalue weighted by Gasteiger charge is 2.28. The molecule has 1 aromatic heterocycles. The minimum atomic E-state index is -3.40. The zero-order valence-corrected chi connectivity index (χ0v) is 13.0. The van der Waals surface area contributed by atoms with Gasteiger partial charge in [0.1, 0.15) is 12.2 Å². The molecule has 0 radical (unpaired) electrons. The van der Waals surface area contributed by atoms with E-state index in [4.69, 9.17) is 0 Å². The van der Waals surface area contributed by atoms with E-state index in [-0.39, 0.29) is 6.54 Å². The first-order valence-electron chi connectivity index (χ1n) is 7.13.